The molecular weight excluding hydrogens is 764 g/mol. The van der Waals surface area contributed by atoms with Crippen LogP contribution in [-0.4, -0.2) is 134 Å². The van der Waals surface area contributed by atoms with Crippen molar-refractivity contribution in [1.29, 1.82) is 0 Å². The van der Waals surface area contributed by atoms with Crippen LogP contribution in [0, 0.1) is 65.1 Å². The average Bonchev–Trinajstić information content (AvgIpc) is 3.58. The number of aliphatic carboxylic acids is 1. The van der Waals surface area contributed by atoms with Crippen molar-refractivity contribution in [2.75, 3.05) is 20.3 Å². The van der Waals surface area contributed by atoms with E-state index in [0.29, 0.717) is 24.2 Å². The summed E-state index contributed by atoms with van der Waals surface area (Å²) in [5.41, 5.74) is 0.0719. The van der Waals surface area contributed by atoms with Gasteiger partial charge in [0.25, 0.3) is 0 Å². The molecule has 6 aliphatic rings. The van der Waals surface area contributed by atoms with Gasteiger partial charge in [-0.15, -0.1) is 0 Å². The number of carbonyl (C=O) groups excluding carboxylic acids is 1. The average molecular weight is 833 g/mol. The zero-order valence-corrected chi connectivity index (χ0v) is 35.1. The lowest BCUT2D eigenvalue weighted by Gasteiger charge is -2.67. The molecule has 8 N–H and O–H groups in total. The van der Waals surface area contributed by atoms with E-state index in [1.807, 2.05) is 0 Å². The largest absolute Gasteiger partial charge is 0.497 e. The van der Waals surface area contributed by atoms with Crippen molar-refractivity contribution in [1.82, 2.24) is 0 Å². The van der Waals surface area contributed by atoms with E-state index in [0.717, 1.165) is 44.9 Å². The minimum atomic E-state index is -1.59. The summed E-state index contributed by atoms with van der Waals surface area (Å²) in [7, 11) is 1.53. The van der Waals surface area contributed by atoms with E-state index in [-0.39, 0.29) is 58.8 Å². The second-order valence-electron chi connectivity index (χ2n) is 19.6. The minimum absolute atomic E-state index is 0.00965. The second kappa shape index (κ2) is 17.4. The number of aliphatic hydroxyl groups is 7. The second-order valence-corrected chi connectivity index (χ2v) is 19.6. The van der Waals surface area contributed by atoms with E-state index in [1.165, 1.54) is 7.11 Å². The number of methoxy groups -OCH3 is 1. The molecule has 2 aliphatic heterocycles. The number of aryl methyl sites for hydroxylation is 1. The SMILES string of the molecule is COc1ccc(C(=O)O[C@@H]2[C@H](O)[C@H](O)[C@@H](CO)O[C@H]2[C@@H]2CC3C(C4CC[C@H]([C@H](C)CCC(=O)O)[C@]42C)[C@@H](C2O[C@H](CO)[C@@H](O)[C@H](O)[C@H]2O)C[C@@H]2CCCC[C@]32C)c(C)c1. The summed E-state index contributed by atoms with van der Waals surface area (Å²) in [6, 6.07) is 4.96. The number of aliphatic hydroxyl groups excluding tert-OH is 7. The van der Waals surface area contributed by atoms with Gasteiger partial charge in [-0.1, -0.05) is 33.6 Å². The molecule has 4 saturated carbocycles. The number of benzene rings is 1. The summed E-state index contributed by atoms with van der Waals surface area (Å²) < 4.78 is 24.8. The van der Waals surface area contributed by atoms with Gasteiger partial charge in [-0.2, -0.15) is 0 Å². The van der Waals surface area contributed by atoms with Crippen molar-refractivity contribution in [2.45, 2.75) is 153 Å². The molecule has 1 aromatic carbocycles. The van der Waals surface area contributed by atoms with Gasteiger partial charge in [-0.25, -0.2) is 4.79 Å². The number of carbonyl (C=O) groups is 2. The Morgan fingerprint density at radius 2 is 1.53 bits per heavy atom. The summed E-state index contributed by atoms with van der Waals surface area (Å²) in [6.07, 6.45) is -5.63. The Bertz CT molecular complexity index is 1660. The third-order valence-electron chi connectivity index (χ3n) is 17.0. The number of esters is 1. The Morgan fingerprint density at radius 3 is 2.17 bits per heavy atom. The van der Waals surface area contributed by atoms with Crippen LogP contribution in [0.3, 0.4) is 0 Å². The molecule has 6 fully saturated rings. The molecule has 1 aromatic rings. The first kappa shape index (κ1) is 44.6. The molecule has 7 rings (SSSR count). The van der Waals surface area contributed by atoms with E-state index in [2.05, 4.69) is 20.8 Å². The number of hydrogen-bond acceptors (Lipinski definition) is 13. The maximum Gasteiger partial charge on any atom is 0.338 e. The molecule has 0 bridgehead atoms. The highest BCUT2D eigenvalue weighted by Crippen LogP contribution is 2.72. The van der Waals surface area contributed by atoms with Crippen LogP contribution in [-0.2, 0) is 19.0 Å². The van der Waals surface area contributed by atoms with Gasteiger partial charge in [0, 0.05) is 6.42 Å². The van der Waals surface area contributed by atoms with Crippen molar-refractivity contribution in [2.24, 2.45) is 58.2 Å². The van der Waals surface area contributed by atoms with E-state index in [1.54, 1.807) is 25.1 Å². The quantitative estimate of drug-likeness (QED) is 0.150. The van der Waals surface area contributed by atoms with Gasteiger partial charge in [0.2, 0.25) is 0 Å². The normalized spacial score (nSPS) is 46.3. The lowest BCUT2D eigenvalue weighted by atomic mass is 9.39. The van der Waals surface area contributed by atoms with Crippen LogP contribution < -0.4 is 4.74 Å². The van der Waals surface area contributed by atoms with Gasteiger partial charge < -0.3 is 59.8 Å². The molecule has 14 nitrogen and oxygen atoms in total. The Hall–Kier alpha value is -2.40. The van der Waals surface area contributed by atoms with Crippen molar-refractivity contribution in [3.63, 3.8) is 0 Å². The third kappa shape index (κ3) is 7.64. The molecule has 4 aliphatic carbocycles. The maximum atomic E-state index is 14.1. The molecule has 0 spiro atoms. The molecular formula is C45H68O14. The van der Waals surface area contributed by atoms with Crippen molar-refractivity contribution in [3.8, 4) is 5.75 Å². The fraction of sp³-hybridized carbons (Fsp3) is 0.822. The predicted octanol–water partition coefficient (Wildman–Crippen LogP) is 2.86. The minimum Gasteiger partial charge on any atom is -0.497 e. The number of hydrogen-bond donors (Lipinski definition) is 8. The van der Waals surface area contributed by atoms with Crippen LogP contribution in [0.5, 0.6) is 5.75 Å². The molecule has 2 heterocycles. The molecule has 2 saturated heterocycles. The van der Waals surface area contributed by atoms with Crippen LogP contribution >= 0.6 is 0 Å². The lowest BCUT2D eigenvalue weighted by Crippen LogP contribution is -2.69. The summed E-state index contributed by atoms with van der Waals surface area (Å²) >= 11 is 0. The number of fused-ring (bicyclic) bond motifs is 5. The molecule has 0 aromatic heterocycles. The molecule has 0 radical (unpaired) electrons. The van der Waals surface area contributed by atoms with Gasteiger partial charge in [-0.3, -0.25) is 4.79 Å². The summed E-state index contributed by atoms with van der Waals surface area (Å²) in [5.74, 6) is -1.63. The van der Waals surface area contributed by atoms with E-state index in [9.17, 15) is 50.4 Å². The third-order valence-corrected chi connectivity index (χ3v) is 17.0. The molecule has 4 unspecified atom stereocenters. The van der Waals surface area contributed by atoms with Crippen LogP contribution in [0.25, 0.3) is 0 Å². The number of carboxylic acid groups (broad SMARTS) is 1. The van der Waals surface area contributed by atoms with Crippen LogP contribution in [0.2, 0.25) is 0 Å². The number of carboxylic acids is 1. The van der Waals surface area contributed by atoms with Crippen molar-refractivity contribution < 1.29 is 69.4 Å². The zero-order chi connectivity index (χ0) is 42.7. The molecule has 59 heavy (non-hydrogen) atoms. The molecule has 0 amide bonds. The highest BCUT2D eigenvalue weighted by molar-refractivity contribution is 5.91. The summed E-state index contributed by atoms with van der Waals surface area (Å²) in [5, 5.41) is 87.4. The highest BCUT2D eigenvalue weighted by atomic mass is 16.6. The first-order valence-corrected chi connectivity index (χ1v) is 22.0. The Morgan fingerprint density at radius 1 is 0.847 bits per heavy atom. The lowest BCUT2D eigenvalue weighted by molar-refractivity contribution is -0.287. The fourth-order valence-electron chi connectivity index (χ4n) is 14.0. The van der Waals surface area contributed by atoms with E-state index < -0.39 is 97.5 Å². The molecule has 20 atom stereocenters. The van der Waals surface area contributed by atoms with Gasteiger partial charge in [0.05, 0.1) is 32.0 Å². The van der Waals surface area contributed by atoms with Gasteiger partial charge in [-0.05, 0) is 134 Å². The zero-order valence-electron chi connectivity index (χ0n) is 35.1. The van der Waals surface area contributed by atoms with Gasteiger partial charge in [0.15, 0.2) is 6.10 Å². The Kier molecular flexibility index (Phi) is 13.2. The fourth-order valence-corrected chi connectivity index (χ4v) is 14.0. The Balaban J connectivity index is 1.35. The smallest absolute Gasteiger partial charge is 0.338 e. The van der Waals surface area contributed by atoms with Gasteiger partial charge in [0.1, 0.15) is 54.6 Å². The molecule has 14 heteroatoms. The van der Waals surface area contributed by atoms with Crippen molar-refractivity contribution >= 4 is 11.9 Å². The highest BCUT2D eigenvalue weighted by Gasteiger charge is 2.69. The monoisotopic (exact) mass is 832 g/mol. The maximum absolute atomic E-state index is 14.1. The first-order chi connectivity index (χ1) is 28.0. The number of ether oxygens (including phenoxy) is 4. The van der Waals surface area contributed by atoms with Crippen LogP contribution in [0.4, 0.5) is 0 Å². The number of rotatable bonds is 11. The van der Waals surface area contributed by atoms with Crippen LogP contribution in [0.1, 0.15) is 101 Å². The van der Waals surface area contributed by atoms with Crippen molar-refractivity contribution in [3.05, 3.63) is 29.3 Å². The van der Waals surface area contributed by atoms with E-state index >= 15 is 0 Å². The topological polar surface area (TPSA) is 233 Å². The first-order valence-electron chi connectivity index (χ1n) is 22.0. The van der Waals surface area contributed by atoms with Gasteiger partial charge >= 0.3 is 11.9 Å². The van der Waals surface area contributed by atoms with E-state index in [4.69, 9.17) is 18.9 Å². The summed E-state index contributed by atoms with van der Waals surface area (Å²) in [4.78, 5) is 26.0. The molecule has 332 valence electrons. The summed E-state index contributed by atoms with van der Waals surface area (Å²) in [6.45, 7) is 7.31. The predicted molar refractivity (Wildman–Crippen MR) is 212 cm³/mol. The Labute approximate surface area is 347 Å². The van der Waals surface area contributed by atoms with Crippen LogP contribution in [0.15, 0.2) is 18.2 Å². The standard InChI is InChI=1S/C45H68O14/c1-21(9-14-33(48)49)27-12-13-28-34-26(40-39(54)37(52)35(50)31(19-46)57-40)17-23-8-6-7-15-44(23,3)29(34)18-30(45(27,28)4)41-42(38(53)36(51)32(20-47)58-41)59-43(55)25-11-10-24(56-5)16-22(25)2/h10-11,16,21,23,26-32,34-42,46-47,50-54H,6-9,12-15,17-20H2,1-5H3,(H,48,49)/t21-,23+,26+,27-,28?,29?,30+,31-,32-,34?,35-,36-,37+,38-,39-,40?,41+,42-,44+,45-/m1/s1.